The maximum Gasteiger partial charge on any atom is 0.129 e. The fourth-order valence-electron chi connectivity index (χ4n) is 2.33. The molecule has 1 aliphatic heterocycles. The average Bonchev–Trinajstić information content (AvgIpc) is 2.29. The first-order chi connectivity index (χ1) is 8.24. The Morgan fingerprint density at radius 1 is 1.18 bits per heavy atom. The molecule has 0 bridgehead atoms. The SMILES string of the molecule is Cc1cc(NCCN2CCCCC2)nc(C)n1. The number of piperidine rings is 1. The Bertz CT molecular complexity index is 338. The minimum atomic E-state index is 0.838. The molecule has 0 saturated carbocycles. The van der Waals surface area contributed by atoms with Crippen LogP contribution in [0.25, 0.3) is 0 Å². The smallest absolute Gasteiger partial charge is 0.129 e. The molecule has 1 fully saturated rings. The molecule has 1 aromatic rings. The maximum atomic E-state index is 4.38. The molecule has 0 unspecified atom stereocenters. The van der Waals surface area contributed by atoms with Gasteiger partial charge in [-0.1, -0.05) is 6.42 Å². The second-order valence-electron chi connectivity index (χ2n) is 4.77. The van der Waals surface area contributed by atoms with Crippen LogP contribution in [-0.4, -0.2) is 41.0 Å². The van der Waals surface area contributed by atoms with Crippen LogP contribution < -0.4 is 5.32 Å². The summed E-state index contributed by atoms with van der Waals surface area (Å²) in [5, 5.41) is 3.38. The van der Waals surface area contributed by atoms with Gasteiger partial charge < -0.3 is 10.2 Å². The Balaban J connectivity index is 1.77. The number of rotatable bonds is 4. The number of aryl methyl sites for hydroxylation is 2. The number of nitrogens with zero attached hydrogens (tertiary/aromatic N) is 3. The van der Waals surface area contributed by atoms with E-state index in [1.807, 2.05) is 19.9 Å². The Morgan fingerprint density at radius 3 is 2.65 bits per heavy atom. The van der Waals surface area contributed by atoms with Crippen molar-refractivity contribution in [3.63, 3.8) is 0 Å². The molecule has 1 saturated heterocycles. The Kier molecular flexibility index (Phi) is 4.31. The van der Waals surface area contributed by atoms with E-state index in [0.717, 1.165) is 30.4 Å². The van der Waals surface area contributed by atoms with E-state index in [0.29, 0.717) is 0 Å². The van der Waals surface area contributed by atoms with Gasteiger partial charge in [0.25, 0.3) is 0 Å². The second-order valence-corrected chi connectivity index (χ2v) is 4.77. The van der Waals surface area contributed by atoms with Crippen LogP contribution in [0.3, 0.4) is 0 Å². The summed E-state index contributed by atoms with van der Waals surface area (Å²) in [5.74, 6) is 1.79. The van der Waals surface area contributed by atoms with E-state index >= 15 is 0 Å². The Morgan fingerprint density at radius 2 is 1.94 bits per heavy atom. The fraction of sp³-hybridized carbons (Fsp3) is 0.692. The van der Waals surface area contributed by atoms with Gasteiger partial charge in [0.15, 0.2) is 0 Å². The Hall–Kier alpha value is -1.16. The van der Waals surface area contributed by atoms with Crippen molar-refractivity contribution in [3.05, 3.63) is 17.6 Å². The van der Waals surface area contributed by atoms with Crippen molar-refractivity contribution in [2.45, 2.75) is 33.1 Å². The summed E-state index contributed by atoms with van der Waals surface area (Å²) >= 11 is 0. The van der Waals surface area contributed by atoms with Crippen LogP contribution in [0.2, 0.25) is 0 Å². The Labute approximate surface area is 103 Å². The van der Waals surface area contributed by atoms with Gasteiger partial charge in [0.2, 0.25) is 0 Å². The molecule has 1 aromatic heterocycles. The molecular weight excluding hydrogens is 212 g/mol. The molecule has 4 nitrogen and oxygen atoms in total. The molecule has 2 heterocycles. The van der Waals surface area contributed by atoms with E-state index in [1.165, 1.54) is 32.4 Å². The van der Waals surface area contributed by atoms with Crippen molar-refractivity contribution in [1.29, 1.82) is 0 Å². The van der Waals surface area contributed by atoms with Crippen molar-refractivity contribution in [3.8, 4) is 0 Å². The summed E-state index contributed by atoms with van der Waals surface area (Å²) in [6.45, 7) is 8.53. The number of hydrogen-bond donors (Lipinski definition) is 1. The summed E-state index contributed by atoms with van der Waals surface area (Å²) in [4.78, 5) is 11.2. The van der Waals surface area contributed by atoms with Gasteiger partial charge in [0, 0.05) is 24.8 Å². The van der Waals surface area contributed by atoms with Gasteiger partial charge in [-0.3, -0.25) is 0 Å². The van der Waals surface area contributed by atoms with Crippen molar-refractivity contribution in [2.24, 2.45) is 0 Å². The molecule has 1 N–H and O–H groups in total. The van der Waals surface area contributed by atoms with E-state index in [1.54, 1.807) is 0 Å². The van der Waals surface area contributed by atoms with Gasteiger partial charge in [-0.15, -0.1) is 0 Å². The zero-order chi connectivity index (χ0) is 12.1. The monoisotopic (exact) mass is 234 g/mol. The summed E-state index contributed by atoms with van der Waals surface area (Å²) in [5.41, 5.74) is 1.03. The number of anilines is 1. The molecule has 0 atom stereocenters. The molecule has 1 aliphatic rings. The first kappa shape index (κ1) is 12.3. The standard InChI is InChI=1S/C13H22N4/c1-11-10-13(16-12(2)15-11)14-6-9-17-7-4-3-5-8-17/h10H,3-9H2,1-2H3,(H,14,15,16). The lowest BCUT2D eigenvalue weighted by Gasteiger charge is -2.26. The third-order valence-electron chi connectivity index (χ3n) is 3.15. The highest BCUT2D eigenvalue weighted by Crippen LogP contribution is 2.09. The van der Waals surface area contributed by atoms with Crippen LogP contribution in [0.1, 0.15) is 30.8 Å². The zero-order valence-corrected chi connectivity index (χ0v) is 10.9. The van der Waals surface area contributed by atoms with Gasteiger partial charge >= 0.3 is 0 Å². The van der Waals surface area contributed by atoms with Crippen molar-refractivity contribution >= 4 is 5.82 Å². The molecular formula is C13H22N4. The normalized spacial score (nSPS) is 17.1. The lowest BCUT2D eigenvalue weighted by atomic mass is 10.1. The summed E-state index contributed by atoms with van der Waals surface area (Å²) < 4.78 is 0. The summed E-state index contributed by atoms with van der Waals surface area (Å²) in [6, 6.07) is 2.00. The maximum absolute atomic E-state index is 4.38. The van der Waals surface area contributed by atoms with Crippen molar-refractivity contribution in [1.82, 2.24) is 14.9 Å². The number of likely N-dealkylation sites (tertiary alicyclic amines) is 1. The highest BCUT2D eigenvalue weighted by atomic mass is 15.1. The first-order valence-electron chi connectivity index (χ1n) is 6.52. The van der Waals surface area contributed by atoms with Crippen molar-refractivity contribution < 1.29 is 0 Å². The molecule has 0 aromatic carbocycles. The molecule has 0 radical (unpaired) electrons. The predicted molar refractivity (Wildman–Crippen MR) is 70.3 cm³/mol. The minimum Gasteiger partial charge on any atom is -0.369 e. The highest BCUT2D eigenvalue weighted by molar-refractivity contribution is 5.35. The molecule has 0 aliphatic carbocycles. The quantitative estimate of drug-likeness (QED) is 0.865. The third kappa shape index (κ3) is 3.97. The summed E-state index contributed by atoms with van der Waals surface area (Å²) in [7, 11) is 0. The number of hydrogen-bond acceptors (Lipinski definition) is 4. The third-order valence-corrected chi connectivity index (χ3v) is 3.15. The molecule has 17 heavy (non-hydrogen) atoms. The molecule has 4 heteroatoms. The molecule has 0 spiro atoms. The number of nitrogens with one attached hydrogen (secondary N) is 1. The van der Waals surface area contributed by atoms with E-state index in [9.17, 15) is 0 Å². The van der Waals surface area contributed by atoms with Gasteiger partial charge in [0.05, 0.1) is 0 Å². The highest BCUT2D eigenvalue weighted by Gasteiger charge is 2.09. The lowest BCUT2D eigenvalue weighted by Crippen LogP contribution is -2.33. The van der Waals surface area contributed by atoms with Gasteiger partial charge in [-0.05, 0) is 39.8 Å². The van der Waals surface area contributed by atoms with Gasteiger partial charge in [-0.25, -0.2) is 9.97 Å². The zero-order valence-electron chi connectivity index (χ0n) is 10.9. The first-order valence-corrected chi connectivity index (χ1v) is 6.52. The lowest BCUT2D eigenvalue weighted by molar-refractivity contribution is 0.237. The largest absolute Gasteiger partial charge is 0.369 e. The average molecular weight is 234 g/mol. The van der Waals surface area contributed by atoms with E-state index in [4.69, 9.17) is 0 Å². The van der Waals surface area contributed by atoms with E-state index < -0.39 is 0 Å². The number of aromatic nitrogens is 2. The van der Waals surface area contributed by atoms with Gasteiger partial charge in [0.1, 0.15) is 11.6 Å². The molecule has 2 rings (SSSR count). The van der Waals surface area contributed by atoms with Crippen LogP contribution in [0.5, 0.6) is 0 Å². The van der Waals surface area contributed by atoms with E-state index in [2.05, 4.69) is 20.2 Å². The predicted octanol–water partition coefficient (Wildman–Crippen LogP) is 1.99. The topological polar surface area (TPSA) is 41.0 Å². The van der Waals surface area contributed by atoms with Crippen LogP contribution in [0.4, 0.5) is 5.82 Å². The van der Waals surface area contributed by atoms with Crippen molar-refractivity contribution in [2.75, 3.05) is 31.5 Å². The molecule has 94 valence electrons. The fourth-order valence-corrected chi connectivity index (χ4v) is 2.33. The van der Waals surface area contributed by atoms with Crippen LogP contribution >= 0.6 is 0 Å². The summed E-state index contributed by atoms with van der Waals surface area (Å²) in [6.07, 6.45) is 4.10. The van der Waals surface area contributed by atoms with Gasteiger partial charge in [-0.2, -0.15) is 0 Å². The van der Waals surface area contributed by atoms with Crippen LogP contribution in [0.15, 0.2) is 6.07 Å². The molecule has 0 amide bonds. The minimum absolute atomic E-state index is 0.838. The van der Waals surface area contributed by atoms with E-state index in [-0.39, 0.29) is 0 Å². The van der Waals surface area contributed by atoms with Crippen LogP contribution in [-0.2, 0) is 0 Å². The van der Waals surface area contributed by atoms with Crippen LogP contribution in [0, 0.1) is 13.8 Å². The second kappa shape index (κ2) is 5.96.